The molecule has 1 aromatic heterocycles. The Labute approximate surface area is 41.4 Å². The molecule has 0 aliphatic heterocycles. The van der Waals surface area contributed by atoms with Crippen molar-refractivity contribution in [3.63, 3.8) is 0 Å². The highest BCUT2D eigenvalue weighted by Gasteiger charge is 1.81. The first kappa shape index (κ1) is 3.94. The minimum atomic E-state index is 0.556. The number of hydrogen-bond acceptors (Lipinski definition) is 1. The Kier molecular flexibility index (Phi) is 0.833. The molecule has 1 heterocycles. The van der Waals surface area contributed by atoms with Crippen LogP contribution in [0.15, 0.2) is 12.1 Å². The molecule has 0 fully saturated rings. The Morgan fingerprint density at radius 3 is 3.00 bits per heavy atom. The van der Waals surface area contributed by atoms with Gasteiger partial charge in [0.25, 0.3) is 0 Å². The van der Waals surface area contributed by atoms with Crippen LogP contribution >= 0.6 is 0 Å². The predicted octanol–water partition coefficient (Wildman–Crippen LogP) is 0.687. The van der Waals surface area contributed by atoms with Crippen LogP contribution in [0, 0.1) is 17.5 Å². The van der Waals surface area contributed by atoms with Crippen LogP contribution < -0.4 is 0 Å². The standard InChI is InChI=1S/C5H3N2/c6-4-5-2-1-3-7-5/h1-2,7H. The maximum Gasteiger partial charge on any atom is 0.118 e. The lowest BCUT2D eigenvalue weighted by atomic mass is 10.5. The molecule has 0 aliphatic rings. The van der Waals surface area contributed by atoms with Gasteiger partial charge in [0.15, 0.2) is 0 Å². The van der Waals surface area contributed by atoms with Crippen LogP contribution in [0.2, 0.25) is 0 Å². The summed E-state index contributed by atoms with van der Waals surface area (Å²) in [6.07, 6.45) is 2.63. The summed E-state index contributed by atoms with van der Waals surface area (Å²) in [5.74, 6) is 0. The van der Waals surface area contributed by atoms with Crippen LogP contribution in [-0.4, -0.2) is 4.98 Å². The van der Waals surface area contributed by atoms with Gasteiger partial charge in [-0.15, -0.1) is 0 Å². The lowest BCUT2D eigenvalue weighted by molar-refractivity contribution is 1.32. The molecule has 0 saturated carbocycles. The van der Waals surface area contributed by atoms with Gasteiger partial charge in [-0.25, -0.2) is 0 Å². The van der Waals surface area contributed by atoms with Gasteiger partial charge < -0.3 is 4.98 Å². The van der Waals surface area contributed by atoms with Crippen molar-refractivity contribution in [2.45, 2.75) is 0 Å². The summed E-state index contributed by atoms with van der Waals surface area (Å²) in [5.41, 5.74) is 0.556. The van der Waals surface area contributed by atoms with E-state index in [2.05, 4.69) is 11.2 Å². The van der Waals surface area contributed by atoms with Crippen molar-refractivity contribution in [2.75, 3.05) is 0 Å². The van der Waals surface area contributed by atoms with E-state index in [9.17, 15) is 0 Å². The van der Waals surface area contributed by atoms with E-state index in [-0.39, 0.29) is 0 Å². The molecule has 1 rings (SSSR count). The van der Waals surface area contributed by atoms with Gasteiger partial charge in [0, 0.05) is 0 Å². The molecule has 0 spiro atoms. The van der Waals surface area contributed by atoms with Crippen molar-refractivity contribution < 1.29 is 0 Å². The number of H-pyrrole nitrogens is 1. The summed E-state index contributed by atoms with van der Waals surface area (Å²) in [5, 5.41) is 8.13. The summed E-state index contributed by atoms with van der Waals surface area (Å²) in [6.45, 7) is 0. The smallest absolute Gasteiger partial charge is 0.118 e. The van der Waals surface area contributed by atoms with Gasteiger partial charge in [0.05, 0.1) is 6.20 Å². The van der Waals surface area contributed by atoms with E-state index in [0.717, 1.165) is 0 Å². The van der Waals surface area contributed by atoms with Gasteiger partial charge in [-0.05, 0) is 12.1 Å². The molecular weight excluding hydrogens is 88.1 g/mol. The SMILES string of the molecule is N#Cc1cc[c][nH]1. The molecular formula is C5H3N2. The molecule has 1 radical (unpaired) electrons. The maximum atomic E-state index is 8.13. The van der Waals surface area contributed by atoms with Crippen molar-refractivity contribution in [1.29, 1.82) is 5.26 Å². The second-order valence-corrected chi connectivity index (χ2v) is 1.13. The molecule has 7 heavy (non-hydrogen) atoms. The number of nitrogens with zero attached hydrogens (tertiary/aromatic N) is 1. The first-order valence-electron chi connectivity index (χ1n) is 1.88. The fraction of sp³-hybridized carbons (Fsp3) is 0. The van der Waals surface area contributed by atoms with Gasteiger partial charge in [-0.3, -0.25) is 0 Å². The number of hydrogen-bond donors (Lipinski definition) is 1. The van der Waals surface area contributed by atoms with Crippen molar-refractivity contribution in [2.24, 2.45) is 0 Å². The average Bonchev–Trinajstić information content (AvgIpc) is 2.14. The lowest BCUT2D eigenvalue weighted by Gasteiger charge is -1.66. The molecule has 0 aliphatic carbocycles. The summed E-state index contributed by atoms with van der Waals surface area (Å²) in [7, 11) is 0. The third-order valence-electron chi connectivity index (χ3n) is 0.661. The third-order valence-corrected chi connectivity index (χ3v) is 0.661. The zero-order chi connectivity index (χ0) is 5.11. The van der Waals surface area contributed by atoms with Crippen molar-refractivity contribution in [1.82, 2.24) is 4.98 Å². The topological polar surface area (TPSA) is 39.6 Å². The molecule has 0 aromatic carbocycles. The van der Waals surface area contributed by atoms with Crippen LogP contribution in [0.25, 0.3) is 0 Å². The van der Waals surface area contributed by atoms with Gasteiger partial charge in [-0.1, -0.05) is 0 Å². The highest BCUT2D eigenvalue weighted by Crippen LogP contribution is 1.86. The Balaban J connectivity index is 3.04. The Bertz CT molecular complexity index is 168. The lowest BCUT2D eigenvalue weighted by Crippen LogP contribution is -1.64. The monoisotopic (exact) mass is 91.0 g/mol. The Morgan fingerprint density at radius 2 is 2.71 bits per heavy atom. The van der Waals surface area contributed by atoms with Crippen LogP contribution in [-0.2, 0) is 0 Å². The van der Waals surface area contributed by atoms with Crippen molar-refractivity contribution >= 4 is 0 Å². The average molecular weight is 91.1 g/mol. The van der Waals surface area contributed by atoms with E-state index in [1.165, 1.54) is 0 Å². The van der Waals surface area contributed by atoms with E-state index >= 15 is 0 Å². The van der Waals surface area contributed by atoms with Crippen LogP contribution in [0.4, 0.5) is 0 Å². The van der Waals surface area contributed by atoms with Crippen LogP contribution in [0.3, 0.4) is 0 Å². The number of aromatic nitrogens is 1. The first-order chi connectivity index (χ1) is 3.43. The molecule has 2 nitrogen and oxygen atoms in total. The number of nitrogens with one attached hydrogen (secondary N) is 1. The van der Waals surface area contributed by atoms with Gasteiger partial charge in [-0.2, -0.15) is 5.26 Å². The van der Waals surface area contributed by atoms with E-state index in [1.807, 2.05) is 6.07 Å². The molecule has 0 bridgehead atoms. The highest BCUT2D eigenvalue weighted by atomic mass is 14.7. The summed E-state index contributed by atoms with van der Waals surface area (Å²) < 4.78 is 0. The number of rotatable bonds is 0. The molecule has 0 saturated heterocycles. The van der Waals surface area contributed by atoms with E-state index in [0.29, 0.717) is 5.69 Å². The van der Waals surface area contributed by atoms with Crippen molar-refractivity contribution in [3.05, 3.63) is 24.0 Å². The predicted molar refractivity (Wildman–Crippen MR) is 24.3 cm³/mol. The number of aromatic amines is 1. The van der Waals surface area contributed by atoms with Crippen LogP contribution in [0.1, 0.15) is 5.69 Å². The molecule has 0 unspecified atom stereocenters. The first-order valence-corrected chi connectivity index (χ1v) is 1.88. The minimum Gasteiger partial charge on any atom is -0.345 e. The Morgan fingerprint density at radius 1 is 1.86 bits per heavy atom. The molecule has 2 heteroatoms. The second kappa shape index (κ2) is 1.48. The number of nitriles is 1. The van der Waals surface area contributed by atoms with E-state index < -0.39 is 0 Å². The summed E-state index contributed by atoms with van der Waals surface area (Å²) in [6, 6.07) is 5.25. The maximum absolute atomic E-state index is 8.13. The molecule has 0 amide bonds. The zero-order valence-electron chi connectivity index (χ0n) is 3.60. The molecule has 1 N–H and O–H groups in total. The van der Waals surface area contributed by atoms with Crippen LogP contribution in [0.5, 0.6) is 0 Å². The van der Waals surface area contributed by atoms with Gasteiger partial charge in [0.1, 0.15) is 11.8 Å². The van der Waals surface area contributed by atoms with Crippen molar-refractivity contribution in [3.8, 4) is 6.07 Å². The zero-order valence-corrected chi connectivity index (χ0v) is 3.60. The summed E-state index contributed by atoms with van der Waals surface area (Å²) in [4.78, 5) is 2.60. The normalized spacial score (nSPS) is 7.86. The minimum absolute atomic E-state index is 0.556. The molecule has 1 aromatic rings. The fourth-order valence-corrected chi connectivity index (χ4v) is 0.351. The second-order valence-electron chi connectivity index (χ2n) is 1.13. The largest absolute Gasteiger partial charge is 0.345 e. The molecule has 0 atom stereocenters. The summed E-state index contributed by atoms with van der Waals surface area (Å²) >= 11 is 0. The Hall–Kier alpha value is -1.23. The van der Waals surface area contributed by atoms with Gasteiger partial charge >= 0.3 is 0 Å². The molecule has 33 valence electrons. The highest BCUT2D eigenvalue weighted by molar-refractivity contribution is 5.18. The quantitative estimate of drug-likeness (QED) is 0.501. The van der Waals surface area contributed by atoms with E-state index in [1.54, 1.807) is 12.1 Å². The van der Waals surface area contributed by atoms with Gasteiger partial charge in [0.2, 0.25) is 0 Å². The third kappa shape index (κ3) is 0.606. The van der Waals surface area contributed by atoms with E-state index in [4.69, 9.17) is 5.26 Å². The fourth-order valence-electron chi connectivity index (χ4n) is 0.351.